The summed E-state index contributed by atoms with van der Waals surface area (Å²) in [5.41, 5.74) is 0.114. The fourth-order valence-corrected chi connectivity index (χ4v) is 20.0. The molecule has 0 bridgehead atoms. The standard InChI is InChI=1S/3C9H19N.C8H16FN.8C8H17N.C7H15N/c1-7(2)10-5-8(3)9(4)6-10;1-8(2)10-6-5-9(3,4)7-10;1-8(2)10-7-5-6-9(10,3)4;1-7(2)10-5-4-8(3,9)6-10;6*1-7(2)9-5-4-8(3)6-9;2*1-7(2)9-6-4-5-8(9)3;1-7(2)8-5-3-4-6-8/h7-9H,5-6H2,1-4H3;2*8H,5-7H2,1-4H3;7H,4-6H2,1-3H3;8*7-8H,4-6H2,1-3H3;7H,3-6H2,1-2H3/t8-,9-;;;;8*8-;/m0...11100010./s1. The van der Waals surface area contributed by atoms with Crippen molar-refractivity contribution in [1.29, 1.82) is 0 Å². The second-order valence-corrected chi connectivity index (χ2v) is 46.8. The predicted octanol–water partition coefficient (Wildman–Crippen LogP) is 23.9. The molecule has 120 heavy (non-hydrogen) atoms. The van der Waals surface area contributed by atoms with Crippen LogP contribution >= 0.6 is 0 Å². The zero-order valence-corrected chi connectivity index (χ0v) is 89.5. The first-order valence-corrected chi connectivity index (χ1v) is 52.0. The Morgan fingerprint density at radius 3 is 0.608 bits per heavy atom. The maximum atomic E-state index is 13.2. The minimum absolute atomic E-state index is 0.466. The maximum Gasteiger partial charge on any atom is 0.122 e. The van der Waals surface area contributed by atoms with Gasteiger partial charge >= 0.3 is 0 Å². The largest absolute Gasteiger partial charge is 0.301 e. The van der Waals surface area contributed by atoms with Gasteiger partial charge in [-0.2, -0.15) is 0 Å². The molecular weight excluding hydrogens is 1470 g/mol. The van der Waals surface area contributed by atoms with Gasteiger partial charge in [0.25, 0.3) is 0 Å². The maximum absolute atomic E-state index is 13.2. The van der Waals surface area contributed by atoms with Crippen molar-refractivity contribution >= 4 is 0 Å². The molecule has 13 fully saturated rings. The van der Waals surface area contributed by atoms with E-state index in [4.69, 9.17) is 0 Å². The van der Waals surface area contributed by atoms with Gasteiger partial charge < -0.3 is 44.1 Å². The molecule has 13 rings (SSSR count). The fraction of sp³-hybridized carbons (Fsp3) is 1.00. The lowest BCUT2D eigenvalue weighted by Crippen LogP contribution is -2.42. The molecule has 0 saturated carbocycles. The summed E-state index contributed by atoms with van der Waals surface area (Å²) in [5, 5.41) is 0. The molecule has 13 aliphatic heterocycles. The lowest BCUT2D eigenvalue weighted by Gasteiger charge is -2.34. The van der Waals surface area contributed by atoms with Crippen molar-refractivity contribution in [2.24, 2.45) is 52.8 Å². The molecule has 0 radical (unpaired) electrons. The van der Waals surface area contributed by atoms with Crippen LogP contribution in [0.1, 0.15) is 387 Å². The topological polar surface area (TPSA) is 42.1 Å². The average Bonchev–Trinajstić information content (AvgIpc) is 1.68. The number of hydrogen-bond donors (Lipinski definition) is 0. The molecule has 0 aromatic heterocycles. The Labute approximate surface area is 755 Å². The molecular formula is C106H224FN13. The lowest BCUT2D eigenvalue weighted by molar-refractivity contribution is 0.135. The third kappa shape index (κ3) is 49.4. The van der Waals surface area contributed by atoms with Crippen LogP contribution in [0.25, 0.3) is 0 Å². The van der Waals surface area contributed by atoms with E-state index < -0.39 is 5.67 Å². The van der Waals surface area contributed by atoms with Crippen LogP contribution in [0.5, 0.6) is 0 Å². The third-order valence-electron chi connectivity index (χ3n) is 29.5. The van der Waals surface area contributed by atoms with Crippen molar-refractivity contribution in [1.82, 2.24) is 63.7 Å². The highest BCUT2D eigenvalue weighted by molar-refractivity contribution is 4.91. The van der Waals surface area contributed by atoms with Crippen molar-refractivity contribution in [2.75, 3.05) is 151 Å². The zero-order chi connectivity index (χ0) is 91.9. The highest BCUT2D eigenvalue weighted by Gasteiger charge is 2.36. The summed E-state index contributed by atoms with van der Waals surface area (Å²) in [6.07, 6.45) is 21.7. The van der Waals surface area contributed by atoms with E-state index in [1.165, 1.54) is 234 Å². The lowest BCUT2D eigenvalue weighted by atomic mass is 9.93. The van der Waals surface area contributed by atoms with E-state index in [1.807, 2.05) is 0 Å². The van der Waals surface area contributed by atoms with Crippen LogP contribution in [0.4, 0.5) is 4.39 Å². The van der Waals surface area contributed by atoms with E-state index in [0.29, 0.717) is 30.0 Å². The Morgan fingerprint density at radius 1 is 0.225 bits per heavy atom. The average molecular weight is 1700 g/mol. The van der Waals surface area contributed by atoms with Crippen LogP contribution < -0.4 is 0 Å². The number of alkyl halides is 1. The normalized spacial score (nSPS) is 29.8. The molecule has 13 heterocycles. The summed E-state index contributed by atoms with van der Waals surface area (Å²) < 4.78 is 13.2. The molecule has 13 aliphatic rings. The first-order chi connectivity index (χ1) is 55.6. The van der Waals surface area contributed by atoms with E-state index in [9.17, 15) is 4.39 Å². The molecule has 11 atom stereocenters. The molecule has 720 valence electrons. The molecule has 0 spiro atoms. The van der Waals surface area contributed by atoms with E-state index in [-0.39, 0.29) is 0 Å². The Morgan fingerprint density at radius 2 is 0.492 bits per heavy atom. The molecule has 0 aromatic rings. The number of halogens is 1. The number of hydrogen-bond acceptors (Lipinski definition) is 13. The quantitative estimate of drug-likeness (QED) is 0.176. The second-order valence-electron chi connectivity index (χ2n) is 46.8. The minimum atomic E-state index is -0.926. The van der Waals surface area contributed by atoms with E-state index >= 15 is 0 Å². The van der Waals surface area contributed by atoms with Crippen molar-refractivity contribution in [3.05, 3.63) is 0 Å². The summed E-state index contributed by atoms with van der Waals surface area (Å²) in [7, 11) is 0. The molecule has 0 amide bonds. The van der Waals surface area contributed by atoms with Crippen molar-refractivity contribution in [2.45, 2.75) is 488 Å². The van der Waals surface area contributed by atoms with Gasteiger partial charge in [0.15, 0.2) is 0 Å². The molecule has 13 saturated heterocycles. The summed E-state index contributed by atoms with van der Waals surface area (Å²) >= 11 is 0. The summed E-state index contributed by atoms with van der Waals surface area (Å²) in [6, 6.07) is 11.2. The van der Waals surface area contributed by atoms with Gasteiger partial charge in [0.05, 0.1) is 0 Å². The molecule has 13 nitrogen and oxygen atoms in total. The SMILES string of the molecule is CC(C)N1CCC(C)(C)C1.CC(C)N1CCC(C)(F)C1.CC(C)N1CCCC1.CC(C)N1CCCC1(C)C.CC(C)N1CCC[C@@H]1C.CC(C)N1CCC[C@H]1C.CC(C)N1CC[C@@H](C)C1.CC(C)N1CC[C@@H](C)C1.CC(C)N1CC[C@@H](C)C1.CC(C)N1CC[C@H](C)C1.CC(C)N1CC[C@H](C)C1.CC(C)N1CC[C@H](C)C1.CC(C)N1C[C@H](C)[C@@H](C)C1. The van der Waals surface area contributed by atoms with E-state index in [2.05, 4.69) is 341 Å². The first-order valence-electron chi connectivity index (χ1n) is 52.0. The van der Waals surface area contributed by atoms with Crippen LogP contribution in [0.2, 0.25) is 0 Å². The van der Waals surface area contributed by atoms with Crippen LogP contribution in [0.15, 0.2) is 0 Å². The number of nitrogens with zero attached hydrogens (tertiary/aromatic N) is 13. The molecule has 0 aromatic carbocycles. The summed E-state index contributed by atoms with van der Waals surface area (Å²) in [6.45, 7) is 122. The van der Waals surface area contributed by atoms with E-state index in [0.717, 1.165) is 138 Å². The number of likely N-dealkylation sites (tertiary alicyclic amines) is 13. The summed E-state index contributed by atoms with van der Waals surface area (Å²) in [4.78, 5) is 32.8. The van der Waals surface area contributed by atoms with Gasteiger partial charge in [-0.15, -0.1) is 0 Å². The van der Waals surface area contributed by atoms with Gasteiger partial charge in [0.1, 0.15) is 5.67 Å². The third-order valence-corrected chi connectivity index (χ3v) is 29.5. The molecule has 1 unspecified atom stereocenters. The number of rotatable bonds is 13. The zero-order valence-electron chi connectivity index (χ0n) is 89.5. The van der Waals surface area contributed by atoms with Crippen LogP contribution in [-0.4, -0.2) is 316 Å². The Bertz CT molecular complexity index is 2200. The van der Waals surface area contributed by atoms with Crippen molar-refractivity contribution in [3.63, 3.8) is 0 Å². The van der Waals surface area contributed by atoms with Gasteiger partial charge in [-0.05, 0) is 449 Å². The Kier molecular flexibility index (Phi) is 59.1. The van der Waals surface area contributed by atoms with Gasteiger partial charge in [-0.1, -0.05) is 69.2 Å². The fourth-order valence-electron chi connectivity index (χ4n) is 20.0. The van der Waals surface area contributed by atoms with Gasteiger partial charge in [0, 0.05) is 168 Å². The van der Waals surface area contributed by atoms with Crippen molar-refractivity contribution < 1.29 is 4.39 Å². The van der Waals surface area contributed by atoms with Gasteiger partial charge in [-0.25, -0.2) is 4.39 Å². The minimum Gasteiger partial charge on any atom is -0.301 e. The Balaban J connectivity index is 0.000000650. The smallest absolute Gasteiger partial charge is 0.122 e. The molecule has 0 N–H and O–H groups in total. The van der Waals surface area contributed by atoms with Crippen molar-refractivity contribution in [3.8, 4) is 0 Å². The highest BCUT2D eigenvalue weighted by atomic mass is 19.1. The van der Waals surface area contributed by atoms with Gasteiger partial charge in [-0.3, -0.25) is 19.6 Å². The van der Waals surface area contributed by atoms with Crippen LogP contribution in [0, 0.1) is 52.8 Å². The highest BCUT2D eigenvalue weighted by Crippen LogP contribution is 2.33. The molecule has 14 heteroatoms. The second kappa shape index (κ2) is 60.4. The summed E-state index contributed by atoms with van der Waals surface area (Å²) in [5.74, 6) is 7.43. The predicted molar refractivity (Wildman–Crippen MR) is 536 cm³/mol. The molecule has 0 aliphatic carbocycles. The van der Waals surface area contributed by atoms with Crippen LogP contribution in [-0.2, 0) is 0 Å². The van der Waals surface area contributed by atoms with Gasteiger partial charge in [0.2, 0.25) is 0 Å². The van der Waals surface area contributed by atoms with Crippen LogP contribution in [0.3, 0.4) is 0 Å². The first kappa shape index (κ1) is 117. The Hall–Kier alpha value is -0.590. The van der Waals surface area contributed by atoms with E-state index in [1.54, 1.807) is 6.92 Å². The monoisotopic (exact) mass is 1700 g/mol.